The number of piperidine rings is 1. The maximum absolute atomic E-state index is 12.7. The molecule has 1 atom stereocenters. The quantitative estimate of drug-likeness (QED) is 0.841. The molecule has 0 radical (unpaired) electrons. The van der Waals surface area contributed by atoms with Crippen LogP contribution in [0.1, 0.15) is 34.9 Å². The van der Waals surface area contributed by atoms with Crippen LogP contribution in [0.3, 0.4) is 0 Å². The van der Waals surface area contributed by atoms with Crippen molar-refractivity contribution < 1.29 is 4.79 Å². The molecule has 1 fully saturated rings. The molecule has 6 nitrogen and oxygen atoms in total. The van der Waals surface area contributed by atoms with Gasteiger partial charge >= 0.3 is 0 Å². The second-order valence-corrected chi connectivity index (χ2v) is 6.61. The van der Waals surface area contributed by atoms with Crippen LogP contribution in [0.15, 0.2) is 36.9 Å². The number of rotatable bonds is 5. The molecule has 128 valence electrons. The average molecular weight is 327 g/mol. The molecule has 2 aromatic rings. The molecule has 0 aliphatic carbocycles. The molecule has 24 heavy (non-hydrogen) atoms. The van der Waals surface area contributed by atoms with E-state index in [1.165, 1.54) is 0 Å². The van der Waals surface area contributed by atoms with Crippen molar-refractivity contribution in [2.24, 2.45) is 0 Å². The molecule has 6 heteroatoms. The van der Waals surface area contributed by atoms with Crippen LogP contribution in [0.4, 0.5) is 0 Å². The molecule has 1 saturated heterocycles. The van der Waals surface area contributed by atoms with Gasteiger partial charge < -0.3 is 14.4 Å². The highest BCUT2D eigenvalue weighted by atomic mass is 16.2. The summed E-state index contributed by atoms with van der Waals surface area (Å²) in [7, 11) is 4.15. The zero-order chi connectivity index (χ0) is 16.9. The number of likely N-dealkylation sites (N-methyl/N-ethyl adjacent to an activating group) is 1. The van der Waals surface area contributed by atoms with Gasteiger partial charge in [-0.1, -0.05) is 0 Å². The van der Waals surface area contributed by atoms with Crippen molar-refractivity contribution in [1.82, 2.24) is 24.3 Å². The van der Waals surface area contributed by atoms with Gasteiger partial charge in [0.2, 0.25) is 0 Å². The van der Waals surface area contributed by atoms with Crippen molar-refractivity contribution in [2.45, 2.75) is 25.3 Å². The lowest BCUT2D eigenvalue weighted by Gasteiger charge is -2.32. The average Bonchev–Trinajstić information content (AvgIpc) is 3.09. The summed E-state index contributed by atoms with van der Waals surface area (Å²) in [6.07, 6.45) is 9.34. The number of hydrogen-bond acceptors (Lipinski definition) is 4. The van der Waals surface area contributed by atoms with E-state index >= 15 is 0 Å². The van der Waals surface area contributed by atoms with E-state index in [9.17, 15) is 4.79 Å². The predicted molar refractivity (Wildman–Crippen MR) is 92.9 cm³/mol. The van der Waals surface area contributed by atoms with Gasteiger partial charge in [-0.05, 0) is 39.1 Å². The number of carbonyl (C=O) groups is 1. The number of imidazole rings is 1. The largest absolute Gasteiger partial charge is 0.338 e. The number of amides is 1. The first-order valence-corrected chi connectivity index (χ1v) is 8.50. The first kappa shape index (κ1) is 16.6. The molecule has 3 heterocycles. The van der Waals surface area contributed by atoms with Gasteiger partial charge in [0, 0.05) is 56.9 Å². The number of pyridine rings is 1. The molecule has 1 amide bonds. The number of carbonyl (C=O) groups excluding carboxylic acids is 1. The van der Waals surface area contributed by atoms with Crippen LogP contribution < -0.4 is 0 Å². The van der Waals surface area contributed by atoms with Gasteiger partial charge in [0.25, 0.3) is 5.91 Å². The van der Waals surface area contributed by atoms with Crippen LogP contribution in [0.25, 0.3) is 0 Å². The van der Waals surface area contributed by atoms with Gasteiger partial charge in [-0.15, -0.1) is 0 Å². The molecule has 2 aromatic heterocycles. The van der Waals surface area contributed by atoms with Crippen molar-refractivity contribution >= 4 is 5.91 Å². The Kier molecular flexibility index (Phi) is 5.25. The van der Waals surface area contributed by atoms with E-state index in [1.807, 2.05) is 29.4 Å². The molecule has 1 unspecified atom stereocenters. The van der Waals surface area contributed by atoms with Crippen LogP contribution in [-0.2, 0) is 6.54 Å². The zero-order valence-corrected chi connectivity index (χ0v) is 14.4. The number of aromatic nitrogens is 3. The Balaban J connectivity index is 1.70. The summed E-state index contributed by atoms with van der Waals surface area (Å²) in [5.41, 5.74) is 0.661. The second-order valence-electron chi connectivity index (χ2n) is 6.61. The van der Waals surface area contributed by atoms with Gasteiger partial charge in [-0.2, -0.15) is 0 Å². The van der Waals surface area contributed by atoms with Crippen LogP contribution in [-0.4, -0.2) is 64.0 Å². The summed E-state index contributed by atoms with van der Waals surface area (Å²) in [5, 5.41) is 0. The zero-order valence-electron chi connectivity index (χ0n) is 14.4. The molecule has 0 spiro atoms. The SMILES string of the molecule is CN(C)CCn1ccnc1C1CCCN(C(=O)c2cccnc2)C1. The number of hydrogen-bond donors (Lipinski definition) is 0. The minimum absolute atomic E-state index is 0.0687. The highest BCUT2D eigenvalue weighted by Crippen LogP contribution is 2.26. The Labute approximate surface area is 143 Å². The smallest absolute Gasteiger partial charge is 0.255 e. The molecule has 0 saturated carbocycles. The molecular weight excluding hydrogens is 302 g/mol. The standard InChI is InChI=1S/C18H25N5O/c1-21(2)11-12-22-10-8-20-17(22)16-6-4-9-23(14-16)18(24)15-5-3-7-19-13-15/h3,5,7-8,10,13,16H,4,6,9,11-12,14H2,1-2H3. The van der Waals surface area contributed by atoms with E-state index in [0.29, 0.717) is 11.5 Å². The molecule has 1 aliphatic rings. The molecule has 3 rings (SSSR count). The summed E-state index contributed by atoms with van der Waals surface area (Å²) >= 11 is 0. The fraction of sp³-hybridized carbons (Fsp3) is 0.500. The van der Waals surface area contributed by atoms with Gasteiger partial charge in [0.05, 0.1) is 5.56 Å². The summed E-state index contributed by atoms with van der Waals surface area (Å²) in [6.45, 7) is 3.44. The van der Waals surface area contributed by atoms with Crippen molar-refractivity contribution in [2.75, 3.05) is 33.7 Å². The fourth-order valence-electron chi connectivity index (χ4n) is 3.22. The number of likely N-dealkylation sites (tertiary alicyclic amines) is 1. The Morgan fingerprint density at radius 2 is 2.25 bits per heavy atom. The Morgan fingerprint density at radius 1 is 1.38 bits per heavy atom. The van der Waals surface area contributed by atoms with E-state index in [4.69, 9.17) is 0 Å². The van der Waals surface area contributed by atoms with Crippen LogP contribution >= 0.6 is 0 Å². The van der Waals surface area contributed by atoms with Gasteiger partial charge in [0.1, 0.15) is 5.82 Å². The van der Waals surface area contributed by atoms with Gasteiger partial charge in [-0.25, -0.2) is 4.98 Å². The lowest BCUT2D eigenvalue weighted by Crippen LogP contribution is -2.40. The maximum atomic E-state index is 12.7. The number of nitrogens with zero attached hydrogens (tertiary/aromatic N) is 5. The summed E-state index contributed by atoms with van der Waals surface area (Å²) in [5.74, 6) is 1.47. The third-order valence-corrected chi connectivity index (χ3v) is 4.52. The minimum Gasteiger partial charge on any atom is -0.338 e. The minimum atomic E-state index is 0.0687. The monoisotopic (exact) mass is 327 g/mol. The molecule has 0 N–H and O–H groups in total. The maximum Gasteiger partial charge on any atom is 0.255 e. The van der Waals surface area contributed by atoms with E-state index in [2.05, 4.69) is 33.5 Å². The summed E-state index contributed by atoms with van der Waals surface area (Å²) in [4.78, 5) is 25.4. The van der Waals surface area contributed by atoms with Gasteiger partial charge in [-0.3, -0.25) is 9.78 Å². The topological polar surface area (TPSA) is 54.3 Å². The van der Waals surface area contributed by atoms with Crippen molar-refractivity contribution in [1.29, 1.82) is 0 Å². The van der Waals surface area contributed by atoms with E-state index in [1.54, 1.807) is 12.4 Å². The summed E-state index contributed by atoms with van der Waals surface area (Å²) in [6, 6.07) is 3.64. The van der Waals surface area contributed by atoms with Gasteiger partial charge in [0.15, 0.2) is 0 Å². The normalized spacial score (nSPS) is 18.1. The lowest BCUT2D eigenvalue weighted by atomic mass is 9.96. The second kappa shape index (κ2) is 7.57. The van der Waals surface area contributed by atoms with E-state index in [0.717, 1.165) is 44.8 Å². The Hall–Kier alpha value is -2.21. The Bertz CT molecular complexity index is 667. The highest BCUT2D eigenvalue weighted by molar-refractivity contribution is 5.93. The first-order valence-electron chi connectivity index (χ1n) is 8.50. The van der Waals surface area contributed by atoms with E-state index in [-0.39, 0.29) is 5.91 Å². The van der Waals surface area contributed by atoms with Crippen LogP contribution in [0.5, 0.6) is 0 Å². The Morgan fingerprint density at radius 3 is 3.00 bits per heavy atom. The third-order valence-electron chi connectivity index (χ3n) is 4.52. The molecule has 1 aliphatic heterocycles. The summed E-state index contributed by atoms with van der Waals surface area (Å²) < 4.78 is 2.22. The van der Waals surface area contributed by atoms with Crippen molar-refractivity contribution in [3.63, 3.8) is 0 Å². The van der Waals surface area contributed by atoms with Crippen LogP contribution in [0.2, 0.25) is 0 Å². The fourth-order valence-corrected chi connectivity index (χ4v) is 3.22. The lowest BCUT2D eigenvalue weighted by molar-refractivity contribution is 0.0702. The first-order chi connectivity index (χ1) is 11.6. The highest BCUT2D eigenvalue weighted by Gasteiger charge is 2.28. The third kappa shape index (κ3) is 3.82. The molecule has 0 aromatic carbocycles. The van der Waals surface area contributed by atoms with Crippen molar-refractivity contribution in [3.8, 4) is 0 Å². The molecule has 0 bridgehead atoms. The molecular formula is C18H25N5O. The predicted octanol–water partition coefficient (Wildman–Crippen LogP) is 1.86. The van der Waals surface area contributed by atoms with Crippen LogP contribution in [0, 0.1) is 0 Å². The van der Waals surface area contributed by atoms with E-state index < -0.39 is 0 Å². The van der Waals surface area contributed by atoms with Crippen molar-refractivity contribution in [3.05, 3.63) is 48.3 Å².